The molecule has 134 valence electrons. The number of hydrogen-bond donors (Lipinski definition) is 1. The topological polar surface area (TPSA) is 74.2 Å². The Labute approximate surface area is 150 Å². The lowest BCUT2D eigenvalue weighted by Gasteiger charge is -2.34. The smallest absolute Gasteiger partial charge is 0.293 e. The lowest BCUT2D eigenvalue weighted by molar-refractivity contribution is 0.0741. The van der Waals surface area contributed by atoms with E-state index < -0.39 is 0 Å². The van der Waals surface area contributed by atoms with E-state index in [1.165, 1.54) is 0 Å². The van der Waals surface area contributed by atoms with Gasteiger partial charge >= 0.3 is 0 Å². The van der Waals surface area contributed by atoms with E-state index in [9.17, 15) is 9.59 Å². The third-order valence-electron chi connectivity index (χ3n) is 4.86. The van der Waals surface area contributed by atoms with Gasteiger partial charge in [0.2, 0.25) is 0 Å². The molecule has 0 unspecified atom stereocenters. The van der Waals surface area contributed by atoms with Crippen LogP contribution in [0, 0.1) is 0 Å². The number of piperazine rings is 1. The molecule has 1 amide bonds. The van der Waals surface area contributed by atoms with Crippen LogP contribution in [0.2, 0.25) is 0 Å². The van der Waals surface area contributed by atoms with Gasteiger partial charge in [-0.2, -0.15) is 0 Å². The zero-order chi connectivity index (χ0) is 18.1. The zero-order valence-corrected chi connectivity index (χ0v) is 14.7. The van der Waals surface area contributed by atoms with Crippen LogP contribution in [0.5, 0.6) is 0 Å². The number of fused-ring (bicyclic) bond motifs is 1. The maximum Gasteiger partial charge on any atom is 0.293 e. The Hall–Kier alpha value is -3.09. The fourth-order valence-electron chi connectivity index (χ4n) is 3.38. The number of aromatic nitrogens is 3. The number of H-pyrrole nitrogens is 1. The van der Waals surface area contributed by atoms with E-state index in [1.807, 2.05) is 47.1 Å². The van der Waals surface area contributed by atoms with Crippen molar-refractivity contribution in [3.05, 3.63) is 58.8 Å². The summed E-state index contributed by atoms with van der Waals surface area (Å²) in [5, 5.41) is 1.03. The molecule has 3 aromatic rings. The van der Waals surface area contributed by atoms with Gasteiger partial charge in [-0.05, 0) is 19.1 Å². The first-order chi connectivity index (χ1) is 12.7. The quantitative estimate of drug-likeness (QED) is 0.779. The molecule has 0 spiro atoms. The number of rotatable bonds is 3. The van der Waals surface area contributed by atoms with Crippen LogP contribution < -0.4 is 10.5 Å². The second-order valence-corrected chi connectivity index (χ2v) is 6.39. The summed E-state index contributed by atoms with van der Waals surface area (Å²) in [6.07, 6.45) is 3.35. The predicted octanol–water partition coefficient (Wildman–Crippen LogP) is 1.71. The highest BCUT2D eigenvalue weighted by Gasteiger charge is 2.25. The van der Waals surface area contributed by atoms with Crippen LogP contribution in [-0.2, 0) is 6.54 Å². The Morgan fingerprint density at radius 2 is 1.96 bits per heavy atom. The molecule has 2 aromatic heterocycles. The summed E-state index contributed by atoms with van der Waals surface area (Å²) in [5.41, 5.74) is 1.49. The van der Waals surface area contributed by atoms with Gasteiger partial charge in [-0.25, -0.2) is 4.98 Å². The summed E-state index contributed by atoms with van der Waals surface area (Å²) in [5.74, 6) is 0.458. The fourth-order valence-corrected chi connectivity index (χ4v) is 3.38. The first-order valence-electron chi connectivity index (χ1n) is 8.85. The molecular weight excluding hydrogens is 330 g/mol. The molecule has 3 heterocycles. The van der Waals surface area contributed by atoms with Crippen LogP contribution >= 0.6 is 0 Å². The van der Waals surface area contributed by atoms with Crippen molar-refractivity contribution in [2.45, 2.75) is 13.5 Å². The molecule has 0 radical (unpaired) electrons. The van der Waals surface area contributed by atoms with Crippen LogP contribution in [-0.4, -0.2) is 51.5 Å². The highest BCUT2D eigenvalue weighted by atomic mass is 16.2. The van der Waals surface area contributed by atoms with Gasteiger partial charge in [0.1, 0.15) is 5.69 Å². The van der Waals surface area contributed by atoms with Crippen molar-refractivity contribution >= 4 is 22.6 Å². The van der Waals surface area contributed by atoms with E-state index in [2.05, 4.69) is 9.97 Å². The number of carbonyl (C=O) groups excluding carboxylic acids is 1. The number of para-hydroxylation sites is 1. The molecule has 0 bridgehead atoms. The first-order valence-corrected chi connectivity index (χ1v) is 8.85. The standard InChI is InChI=1S/C19H21N5O2/c1-2-22-8-7-20-17(19(22)26)23-9-11-24(12-10-23)18(25)16-13-14-5-3-4-6-15(14)21-16/h3-8,13,21H,2,9-12H2,1H3. The summed E-state index contributed by atoms with van der Waals surface area (Å²) in [6.45, 7) is 4.88. The van der Waals surface area contributed by atoms with Gasteiger partial charge in [-0.3, -0.25) is 9.59 Å². The minimum Gasteiger partial charge on any atom is -0.351 e. The number of benzene rings is 1. The molecule has 1 fully saturated rings. The fraction of sp³-hybridized carbons (Fsp3) is 0.316. The molecule has 7 heteroatoms. The number of carbonyl (C=O) groups is 1. The number of anilines is 1. The van der Waals surface area contributed by atoms with Gasteiger partial charge in [0.05, 0.1) is 0 Å². The van der Waals surface area contributed by atoms with Gasteiger partial charge < -0.3 is 19.4 Å². The number of nitrogens with zero attached hydrogens (tertiary/aromatic N) is 4. The van der Waals surface area contributed by atoms with E-state index in [1.54, 1.807) is 17.0 Å². The summed E-state index contributed by atoms with van der Waals surface area (Å²) >= 11 is 0. The molecule has 26 heavy (non-hydrogen) atoms. The normalized spacial score (nSPS) is 14.8. The largest absolute Gasteiger partial charge is 0.351 e. The third kappa shape index (κ3) is 2.85. The lowest BCUT2D eigenvalue weighted by atomic mass is 10.2. The molecule has 1 aliphatic rings. The summed E-state index contributed by atoms with van der Waals surface area (Å²) < 4.78 is 1.64. The van der Waals surface area contributed by atoms with Gasteiger partial charge in [0, 0.05) is 56.0 Å². The monoisotopic (exact) mass is 351 g/mol. The van der Waals surface area contributed by atoms with Crippen LogP contribution in [0.3, 0.4) is 0 Å². The second-order valence-electron chi connectivity index (χ2n) is 6.39. The molecule has 0 aliphatic carbocycles. The Morgan fingerprint density at radius 3 is 2.69 bits per heavy atom. The van der Waals surface area contributed by atoms with Crippen LogP contribution in [0.25, 0.3) is 10.9 Å². The number of aryl methyl sites for hydroxylation is 1. The van der Waals surface area contributed by atoms with Crippen molar-refractivity contribution in [1.82, 2.24) is 19.4 Å². The van der Waals surface area contributed by atoms with Crippen molar-refractivity contribution in [2.75, 3.05) is 31.1 Å². The summed E-state index contributed by atoms with van der Waals surface area (Å²) in [6, 6.07) is 9.74. The van der Waals surface area contributed by atoms with Crippen molar-refractivity contribution in [2.24, 2.45) is 0 Å². The molecule has 1 N–H and O–H groups in total. The number of amides is 1. The molecule has 0 atom stereocenters. The number of nitrogens with one attached hydrogen (secondary N) is 1. The van der Waals surface area contributed by atoms with Gasteiger partial charge in [-0.1, -0.05) is 18.2 Å². The minimum absolute atomic E-state index is 0.00663. The average molecular weight is 351 g/mol. The molecule has 7 nitrogen and oxygen atoms in total. The van der Waals surface area contributed by atoms with Gasteiger partial charge in [-0.15, -0.1) is 0 Å². The average Bonchev–Trinajstić information content (AvgIpc) is 3.12. The van der Waals surface area contributed by atoms with Gasteiger partial charge in [0.25, 0.3) is 11.5 Å². The van der Waals surface area contributed by atoms with E-state index in [-0.39, 0.29) is 11.5 Å². The van der Waals surface area contributed by atoms with Crippen LogP contribution in [0.1, 0.15) is 17.4 Å². The van der Waals surface area contributed by atoms with Crippen LogP contribution in [0.4, 0.5) is 5.82 Å². The molecule has 0 saturated carbocycles. The second kappa shape index (κ2) is 6.67. The van der Waals surface area contributed by atoms with Crippen LogP contribution in [0.15, 0.2) is 47.5 Å². The Bertz CT molecular complexity index is 965. The molecule has 4 rings (SSSR count). The maximum atomic E-state index is 12.8. The molecular formula is C19H21N5O2. The highest BCUT2D eigenvalue weighted by Crippen LogP contribution is 2.17. The first kappa shape index (κ1) is 16.4. The summed E-state index contributed by atoms with van der Waals surface area (Å²) in [7, 11) is 0. The predicted molar refractivity (Wildman–Crippen MR) is 101 cm³/mol. The van der Waals surface area contributed by atoms with Gasteiger partial charge in [0.15, 0.2) is 5.82 Å². The minimum atomic E-state index is -0.0783. The zero-order valence-electron chi connectivity index (χ0n) is 14.7. The Kier molecular flexibility index (Phi) is 4.20. The Balaban J connectivity index is 1.48. The third-order valence-corrected chi connectivity index (χ3v) is 4.86. The van der Waals surface area contributed by atoms with Crippen molar-refractivity contribution in [1.29, 1.82) is 0 Å². The van der Waals surface area contributed by atoms with E-state index in [4.69, 9.17) is 0 Å². The van der Waals surface area contributed by atoms with Crippen molar-refractivity contribution in [3.63, 3.8) is 0 Å². The molecule has 1 aliphatic heterocycles. The molecule has 1 saturated heterocycles. The van der Waals surface area contributed by atoms with E-state index >= 15 is 0 Å². The van der Waals surface area contributed by atoms with Crippen molar-refractivity contribution < 1.29 is 4.79 Å². The van der Waals surface area contributed by atoms with Crippen molar-refractivity contribution in [3.8, 4) is 0 Å². The maximum absolute atomic E-state index is 12.8. The lowest BCUT2D eigenvalue weighted by Crippen LogP contribution is -2.50. The SMILES string of the molecule is CCn1ccnc(N2CCN(C(=O)c3cc4ccccc4[nH]3)CC2)c1=O. The van der Waals surface area contributed by atoms with E-state index in [0.717, 1.165) is 10.9 Å². The highest BCUT2D eigenvalue weighted by molar-refractivity contribution is 5.98. The number of aromatic amines is 1. The summed E-state index contributed by atoms with van der Waals surface area (Å²) in [4.78, 5) is 36.4. The van der Waals surface area contributed by atoms with E-state index in [0.29, 0.717) is 44.2 Å². The Morgan fingerprint density at radius 1 is 1.19 bits per heavy atom. The molecule has 1 aromatic carbocycles. The number of hydrogen-bond acceptors (Lipinski definition) is 4.